The van der Waals surface area contributed by atoms with Crippen LogP contribution in [0.2, 0.25) is 0 Å². The van der Waals surface area contributed by atoms with Crippen LogP contribution in [0.15, 0.2) is 48.7 Å². The lowest BCUT2D eigenvalue weighted by molar-refractivity contribution is -0.144. The lowest BCUT2D eigenvalue weighted by Crippen LogP contribution is -2.45. The number of carbonyl (C=O) groups excluding carboxylic acids is 2. The Morgan fingerprint density at radius 3 is 2.33 bits per heavy atom. The van der Waals surface area contributed by atoms with Crippen molar-refractivity contribution in [3.05, 3.63) is 54.2 Å². The maximum absolute atomic E-state index is 12.2. The number of para-hydroxylation sites is 1. The van der Waals surface area contributed by atoms with Crippen molar-refractivity contribution < 1.29 is 19.1 Å². The monoisotopic (exact) mass is 328 g/mol. The van der Waals surface area contributed by atoms with E-state index >= 15 is 0 Å². The third-order valence-corrected chi connectivity index (χ3v) is 3.37. The molecule has 126 valence electrons. The molecule has 0 aliphatic heterocycles. The fourth-order valence-corrected chi connectivity index (χ4v) is 2.03. The number of aromatic nitrogens is 1. The molecule has 1 heterocycles. The number of ether oxygens (including phenoxy) is 2. The largest absolute Gasteiger partial charge is 0.467 e. The van der Waals surface area contributed by atoms with Crippen molar-refractivity contribution in [1.29, 1.82) is 0 Å². The summed E-state index contributed by atoms with van der Waals surface area (Å²) in [5, 5.41) is 2.66. The average Bonchev–Trinajstić information content (AvgIpc) is 2.60. The molecule has 2 aromatic rings. The first-order chi connectivity index (χ1) is 11.5. The highest BCUT2D eigenvalue weighted by Crippen LogP contribution is 2.18. The Bertz CT molecular complexity index is 684. The molecule has 2 rings (SSSR count). The summed E-state index contributed by atoms with van der Waals surface area (Å²) in [5.41, 5.74) is 0.338. The van der Waals surface area contributed by atoms with Gasteiger partial charge in [-0.15, -0.1) is 0 Å². The molecule has 1 aromatic heterocycles. The zero-order valence-corrected chi connectivity index (χ0v) is 13.9. The zero-order chi connectivity index (χ0) is 17.5. The van der Waals surface area contributed by atoms with Gasteiger partial charge in [0.15, 0.2) is 0 Å². The first kappa shape index (κ1) is 17.5. The summed E-state index contributed by atoms with van der Waals surface area (Å²) in [6.45, 7) is 3.66. The molecule has 0 saturated carbocycles. The van der Waals surface area contributed by atoms with Crippen LogP contribution in [0.1, 0.15) is 24.2 Å². The molecule has 0 saturated heterocycles. The number of pyridine rings is 1. The van der Waals surface area contributed by atoms with Crippen LogP contribution >= 0.6 is 0 Å². The van der Waals surface area contributed by atoms with Gasteiger partial charge in [-0.1, -0.05) is 32.0 Å². The molecule has 1 atom stereocenters. The number of nitrogens with one attached hydrogen (secondary N) is 1. The molecule has 6 heteroatoms. The van der Waals surface area contributed by atoms with Gasteiger partial charge in [0.25, 0.3) is 5.91 Å². The Kier molecular flexibility index (Phi) is 5.89. The van der Waals surface area contributed by atoms with Gasteiger partial charge >= 0.3 is 5.97 Å². The van der Waals surface area contributed by atoms with Gasteiger partial charge in [0.05, 0.1) is 12.7 Å². The molecular weight excluding hydrogens is 308 g/mol. The molecule has 1 aromatic carbocycles. The summed E-state index contributed by atoms with van der Waals surface area (Å²) < 4.78 is 10.3. The van der Waals surface area contributed by atoms with Crippen molar-refractivity contribution in [2.75, 3.05) is 7.11 Å². The van der Waals surface area contributed by atoms with Gasteiger partial charge in [-0.2, -0.15) is 0 Å². The van der Waals surface area contributed by atoms with E-state index in [1.807, 2.05) is 44.2 Å². The lowest BCUT2D eigenvalue weighted by Gasteiger charge is -2.19. The summed E-state index contributed by atoms with van der Waals surface area (Å²) in [4.78, 5) is 28.1. The molecule has 0 bridgehead atoms. The molecular formula is C18H20N2O4. The minimum absolute atomic E-state index is 0.0879. The fourth-order valence-electron chi connectivity index (χ4n) is 2.03. The van der Waals surface area contributed by atoms with E-state index < -0.39 is 17.9 Å². The molecule has 0 aliphatic rings. The number of esters is 1. The molecule has 0 spiro atoms. The van der Waals surface area contributed by atoms with E-state index in [1.165, 1.54) is 13.3 Å². The second-order valence-electron chi connectivity index (χ2n) is 5.52. The fraction of sp³-hybridized carbons (Fsp3) is 0.278. The SMILES string of the molecule is COC(=O)C(NC(=O)c1ccc(Oc2ccccc2)nc1)C(C)C. The van der Waals surface area contributed by atoms with Crippen LogP contribution in [0.3, 0.4) is 0 Å². The molecule has 1 unspecified atom stereocenters. The quantitative estimate of drug-likeness (QED) is 0.825. The Hall–Kier alpha value is -2.89. The van der Waals surface area contributed by atoms with Gasteiger partial charge < -0.3 is 14.8 Å². The Labute approximate surface area is 140 Å². The minimum Gasteiger partial charge on any atom is -0.467 e. The molecule has 1 N–H and O–H groups in total. The predicted molar refractivity (Wildman–Crippen MR) is 88.9 cm³/mol. The zero-order valence-electron chi connectivity index (χ0n) is 13.9. The number of hydrogen-bond donors (Lipinski definition) is 1. The normalized spacial score (nSPS) is 11.7. The van der Waals surface area contributed by atoms with E-state index in [0.29, 0.717) is 17.2 Å². The first-order valence-electron chi connectivity index (χ1n) is 7.59. The summed E-state index contributed by atoms with van der Waals surface area (Å²) in [6, 6.07) is 11.7. The Morgan fingerprint density at radius 2 is 1.79 bits per heavy atom. The number of rotatable bonds is 6. The highest BCUT2D eigenvalue weighted by molar-refractivity contribution is 5.96. The molecule has 6 nitrogen and oxygen atoms in total. The molecule has 0 radical (unpaired) electrons. The van der Waals surface area contributed by atoms with Crippen molar-refractivity contribution in [2.45, 2.75) is 19.9 Å². The summed E-state index contributed by atoms with van der Waals surface area (Å²) in [5.74, 6) is 0.0853. The Balaban J connectivity index is 2.04. The highest BCUT2D eigenvalue weighted by atomic mass is 16.5. The van der Waals surface area contributed by atoms with Gasteiger partial charge in [-0.3, -0.25) is 4.79 Å². The van der Waals surface area contributed by atoms with Crippen LogP contribution in [-0.4, -0.2) is 30.0 Å². The van der Waals surface area contributed by atoms with E-state index in [2.05, 4.69) is 10.3 Å². The van der Waals surface area contributed by atoms with Crippen LogP contribution in [0.25, 0.3) is 0 Å². The van der Waals surface area contributed by atoms with Crippen LogP contribution in [0.5, 0.6) is 11.6 Å². The number of benzene rings is 1. The molecule has 1 amide bonds. The van der Waals surface area contributed by atoms with Gasteiger partial charge in [0.1, 0.15) is 11.8 Å². The van der Waals surface area contributed by atoms with Crippen molar-refractivity contribution in [2.24, 2.45) is 5.92 Å². The number of amides is 1. The number of methoxy groups -OCH3 is 1. The van der Waals surface area contributed by atoms with Crippen LogP contribution in [0, 0.1) is 5.92 Å². The lowest BCUT2D eigenvalue weighted by atomic mass is 10.0. The standard InChI is InChI=1S/C18H20N2O4/c1-12(2)16(18(22)23-3)20-17(21)13-9-10-15(19-11-13)24-14-7-5-4-6-8-14/h4-12,16H,1-3H3,(H,20,21). The van der Waals surface area contributed by atoms with E-state index in [1.54, 1.807) is 12.1 Å². The Morgan fingerprint density at radius 1 is 1.08 bits per heavy atom. The summed E-state index contributed by atoms with van der Waals surface area (Å²) in [6.07, 6.45) is 1.41. The van der Waals surface area contributed by atoms with Gasteiger partial charge in [0, 0.05) is 12.3 Å². The maximum Gasteiger partial charge on any atom is 0.328 e. The van der Waals surface area contributed by atoms with Crippen molar-refractivity contribution in [1.82, 2.24) is 10.3 Å². The summed E-state index contributed by atoms with van der Waals surface area (Å²) in [7, 11) is 1.29. The van der Waals surface area contributed by atoms with Crippen LogP contribution in [-0.2, 0) is 9.53 Å². The summed E-state index contributed by atoms with van der Waals surface area (Å²) >= 11 is 0. The van der Waals surface area contributed by atoms with Crippen molar-refractivity contribution in [3.63, 3.8) is 0 Å². The van der Waals surface area contributed by atoms with E-state index in [-0.39, 0.29) is 5.92 Å². The second kappa shape index (κ2) is 8.10. The number of nitrogens with zero attached hydrogens (tertiary/aromatic N) is 1. The number of hydrogen-bond acceptors (Lipinski definition) is 5. The molecule has 0 aliphatic carbocycles. The third kappa shape index (κ3) is 4.55. The first-order valence-corrected chi connectivity index (χ1v) is 7.59. The average molecular weight is 328 g/mol. The molecule has 24 heavy (non-hydrogen) atoms. The third-order valence-electron chi connectivity index (χ3n) is 3.37. The highest BCUT2D eigenvalue weighted by Gasteiger charge is 2.25. The minimum atomic E-state index is -0.706. The van der Waals surface area contributed by atoms with E-state index in [9.17, 15) is 9.59 Å². The molecule has 0 fully saturated rings. The second-order valence-corrected chi connectivity index (χ2v) is 5.52. The predicted octanol–water partition coefficient (Wildman–Crippen LogP) is 2.80. The number of carbonyl (C=O) groups is 2. The maximum atomic E-state index is 12.2. The topological polar surface area (TPSA) is 77.5 Å². The van der Waals surface area contributed by atoms with Gasteiger partial charge in [-0.25, -0.2) is 9.78 Å². The van der Waals surface area contributed by atoms with Crippen LogP contribution in [0.4, 0.5) is 0 Å². The van der Waals surface area contributed by atoms with E-state index in [4.69, 9.17) is 9.47 Å². The smallest absolute Gasteiger partial charge is 0.328 e. The van der Waals surface area contributed by atoms with Gasteiger partial charge in [-0.05, 0) is 24.1 Å². The van der Waals surface area contributed by atoms with Crippen molar-refractivity contribution in [3.8, 4) is 11.6 Å². The van der Waals surface area contributed by atoms with Crippen LogP contribution < -0.4 is 10.1 Å². The van der Waals surface area contributed by atoms with Gasteiger partial charge in [0.2, 0.25) is 5.88 Å². The van der Waals surface area contributed by atoms with E-state index in [0.717, 1.165) is 0 Å². The van der Waals surface area contributed by atoms with Crippen molar-refractivity contribution >= 4 is 11.9 Å².